The van der Waals surface area contributed by atoms with Crippen molar-refractivity contribution in [2.24, 2.45) is 0 Å². The molecule has 22 heavy (non-hydrogen) atoms. The molecule has 8 nitrogen and oxygen atoms in total. The minimum Gasteiger partial charge on any atom is -0.267 e. The lowest BCUT2D eigenvalue weighted by Crippen LogP contribution is -2.52. The molecule has 0 bridgehead atoms. The zero-order chi connectivity index (χ0) is 16.2. The Hall–Kier alpha value is -2.07. The molecule has 0 aliphatic carbocycles. The summed E-state index contributed by atoms with van der Waals surface area (Å²) in [4.78, 5) is 28.9. The van der Waals surface area contributed by atoms with Crippen LogP contribution in [0.5, 0.6) is 0 Å². The Morgan fingerprint density at radius 1 is 1.09 bits per heavy atom. The van der Waals surface area contributed by atoms with Crippen LogP contribution in [-0.4, -0.2) is 41.1 Å². The van der Waals surface area contributed by atoms with Crippen LogP contribution in [-0.2, 0) is 14.9 Å². The number of hydrazine groups is 1. The van der Waals surface area contributed by atoms with Crippen molar-refractivity contribution < 1.29 is 28.2 Å². The molecule has 0 spiro atoms. The maximum atomic E-state index is 12.4. The van der Waals surface area contributed by atoms with E-state index >= 15 is 0 Å². The molecule has 0 saturated heterocycles. The molecular weight excluding hydrogens is 312 g/mol. The minimum absolute atomic E-state index is 0.0805. The van der Waals surface area contributed by atoms with Gasteiger partial charge >= 0.3 is 0 Å². The van der Waals surface area contributed by atoms with E-state index in [4.69, 9.17) is 5.26 Å². The number of amides is 2. The molecule has 0 fully saturated rings. The van der Waals surface area contributed by atoms with E-state index in [1.54, 1.807) is 12.1 Å². The van der Waals surface area contributed by atoms with Gasteiger partial charge in [-0.3, -0.25) is 9.59 Å². The number of imide groups is 1. The van der Waals surface area contributed by atoms with Gasteiger partial charge in [-0.2, -0.15) is 5.01 Å². The molecule has 3 rings (SSSR count). The van der Waals surface area contributed by atoms with Crippen LogP contribution in [0.2, 0.25) is 0 Å². The van der Waals surface area contributed by atoms with E-state index in [0.717, 1.165) is 0 Å². The second kappa shape index (κ2) is 4.71. The summed E-state index contributed by atoms with van der Waals surface area (Å²) in [6.45, 7) is 2.75. The van der Waals surface area contributed by atoms with E-state index in [-0.39, 0.29) is 21.6 Å². The van der Waals surface area contributed by atoms with Gasteiger partial charge in [0.15, 0.2) is 0 Å². The predicted octanol–water partition coefficient (Wildman–Crippen LogP) is 0.953. The molecule has 9 heteroatoms. The second-order valence-corrected chi connectivity index (χ2v) is 6.88. The highest BCUT2D eigenvalue weighted by molar-refractivity contribution is 7.93. The van der Waals surface area contributed by atoms with E-state index in [9.17, 15) is 18.0 Å². The quantitative estimate of drug-likeness (QED) is 0.493. The number of benzene rings is 1. The monoisotopic (exact) mass is 324 g/mol. The SMILES string of the molecule is CC1=C(C)S(=O)(=O)N(N2C(=O)c3ccccc3C2=O)C1OO. The highest BCUT2D eigenvalue weighted by Crippen LogP contribution is 2.37. The van der Waals surface area contributed by atoms with Gasteiger partial charge in [0.05, 0.1) is 16.0 Å². The van der Waals surface area contributed by atoms with Crippen LogP contribution in [0.25, 0.3) is 0 Å². The van der Waals surface area contributed by atoms with Crippen molar-refractivity contribution in [2.75, 3.05) is 0 Å². The lowest BCUT2D eigenvalue weighted by molar-refractivity contribution is -0.300. The molecule has 2 aliphatic heterocycles. The maximum Gasteiger partial charge on any atom is 0.277 e. The number of carbonyl (C=O) groups is 2. The van der Waals surface area contributed by atoms with Crippen LogP contribution in [0.4, 0.5) is 0 Å². The molecule has 1 aromatic rings. The number of hydrogen-bond acceptors (Lipinski definition) is 6. The second-order valence-electron chi connectivity index (χ2n) is 4.94. The van der Waals surface area contributed by atoms with Crippen molar-refractivity contribution in [3.05, 3.63) is 45.9 Å². The lowest BCUT2D eigenvalue weighted by atomic mass is 10.1. The van der Waals surface area contributed by atoms with Gasteiger partial charge < -0.3 is 0 Å². The van der Waals surface area contributed by atoms with Crippen LogP contribution in [0, 0.1) is 0 Å². The average molecular weight is 324 g/mol. The van der Waals surface area contributed by atoms with Crippen LogP contribution >= 0.6 is 0 Å². The fourth-order valence-electron chi connectivity index (χ4n) is 2.50. The van der Waals surface area contributed by atoms with Gasteiger partial charge in [0.1, 0.15) is 0 Å². The summed E-state index contributed by atoms with van der Waals surface area (Å²) in [5, 5.41) is 9.50. The summed E-state index contributed by atoms with van der Waals surface area (Å²) in [6, 6.07) is 6.00. The number of allylic oxidation sites excluding steroid dienone is 1. The molecule has 2 amide bonds. The van der Waals surface area contributed by atoms with Crippen LogP contribution in [0.1, 0.15) is 34.6 Å². The van der Waals surface area contributed by atoms with E-state index in [0.29, 0.717) is 9.42 Å². The van der Waals surface area contributed by atoms with Crippen LogP contribution in [0.15, 0.2) is 34.7 Å². The third-order valence-corrected chi connectivity index (χ3v) is 5.77. The number of hydrogen-bond donors (Lipinski definition) is 1. The minimum atomic E-state index is -4.13. The summed E-state index contributed by atoms with van der Waals surface area (Å²) >= 11 is 0. The number of carbonyl (C=O) groups excluding carboxylic acids is 2. The first-order valence-electron chi connectivity index (χ1n) is 6.32. The average Bonchev–Trinajstić information content (AvgIpc) is 2.84. The number of fused-ring (bicyclic) bond motifs is 1. The van der Waals surface area contributed by atoms with Gasteiger partial charge in [0, 0.05) is 0 Å². The van der Waals surface area contributed by atoms with Gasteiger partial charge in [-0.15, -0.1) is 0 Å². The summed E-state index contributed by atoms with van der Waals surface area (Å²) in [5.74, 6) is -1.57. The van der Waals surface area contributed by atoms with Crippen molar-refractivity contribution in [1.29, 1.82) is 0 Å². The predicted molar refractivity (Wildman–Crippen MR) is 73.6 cm³/mol. The topological polar surface area (TPSA) is 104 Å². The molecule has 2 heterocycles. The van der Waals surface area contributed by atoms with Crippen molar-refractivity contribution in [2.45, 2.75) is 20.1 Å². The van der Waals surface area contributed by atoms with Crippen LogP contribution in [0.3, 0.4) is 0 Å². The normalized spacial score (nSPS) is 24.3. The Balaban J connectivity index is 2.14. The Morgan fingerprint density at radius 3 is 2.05 bits per heavy atom. The third-order valence-electron chi connectivity index (χ3n) is 3.83. The molecule has 1 atom stereocenters. The highest BCUT2D eigenvalue weighted by atomic mass is 32.2. The summed E-state index contributed by atoms with van der Waals surface area (Å²) < 4.78 is 25.3. The maximum absolute atomic E-state index is 12.4. The fraction of sp³-hybridized carbons (Fsp3) is 0.231. The van der Waals surface area contributed by atoms with E-state index in [2.05, 4.69) is 4.89 Å². The molecule has 0 radical (unpaired) electrons. The first kappa shape index (κ1) is 14.9. The third kappa shape index (κ3) is 1.70. The molecule has 0 saturated carbocycles. The van der Waals surface area contributed by atoms with Gasteiger partial charge in [0.25, 0.3) is 21.8 Å². The van der Waals surface area contributed by atoms with E-state index < -0.39 is 28.1 Å². The van der Waals surface area contributed by atoms with Gasteiger partial charge in [-0.25, -0.2) is 18.6 Å². The first-order chi connectivity index (χ1) is 10.3. The van der Waals surface area contributed by atoms with Crippen LogP contribution < -0.4 is 0 Å². The smallest absolute Gasteiger partial charge is 0.267 e. The Morgan fingerprint density at radius 2 is 1.59 bits per heavy atom. The fourth-order valence-corrected chi connectivity index (χ4v) is 4.10. The van der Waals surface area contributed by atoms with Crippen molar-refractivity contribution in [3.63, 3.8) is 0 Å². The zero-order valence-corrected chi connectivity index (χ0v) is 12.5. The molecule has 1 aromatic carbocycles. The largest absolute Gasteiger partial charge is 0.277 e. The Labute approximate surface area is 126 Å². The van der Waals surface area contributed by atoms with Gasteiger partial charge in [-0.05, 0) is 31.6 Å². The van der Waals surface area contributed by atoms with Crippen molar-refractivity contribution in [1.82, 2.24) is 9.42 Å². The summed E-state index contributed by atoms with van der Waals surface area (Å²) in [5.41, 5.74) is 0.391. The molecular formula is C13H12N2O6S. The Kier molecular flexibility index (Phi) is 3.18. The standard InChI is InChI=1S/C13H12N2O6S/c1-7-8(2)22(19,20)15(13(7)21-18)14-11(16)9-5-3-4-6-10(9)12(14)17/h3-6,13,18H,1-2H3. The van der Waals surface area contributed by atoms with E-state index in [1.807, 2.05) is 0 Å². The van der Waals surface area contributed by atoms with Crippen molar-refractivity contribution >= 4 is 21.8 Å². The summed E-state index contributed by atoms with van der Waals surface area (Å²) in [6.07, 6.45) is -1.45. The van der Waals surface area contributed by atoms with Gasteiger partial charge in [0.2, 0.25) is 6.23 Å². The lowest BCUT2D eigenvalue weighted by Gasteiger charge is -2.28. The Bertz CT molecular complexity index is 794. The number of sulfonamides is 1. The van der Waals surface area contributed by atoms with E-state index in [1.165, 1.54) is 26.0 Å². The molecule has 0 aromatic heterocycles. The highest BCUT2D eigenvalue weighted by Gasteiger charge is 2.52. The molecule has 1 N–H and O–H groups in total. The first-order valence-corrected chi connectivity index (χ1v) is 7.76. The van der Waals surface area contributed by atoms with Gasteiger partial charge in [-0.1, -0.05) is 16.5 Å². The summed E-state index contributed by atoms with van der Waals surface area (Å²) in [7, 11) is -4.13. The zero-order valence-electron chi connectivity index (χ0n) is 11.7. The number of rotatable bonds is 2. The van der Waals surface area contributed by atoms with Crippen molar-refractivity contribution in [3.8, 4) is 0 Å². The number of nitrogens with zero attached hydrogens (tertiary/aromatic N) is 2. The molecule has 2 aliphatic rings. The molecule has 1 unspecified atom stereocenters. The molecule has 116 valence electrons.